The van der Waals surface area contributed by atoms with E-state index in [4.69, 9.17) is 0 Å². The van der Waals surface area contributed by atoms with Gasteiger partial charge in [-0.1, -0.05) is 26.0 Å². The number of aryl methyl sites for hydroxylation is 2. The molecule has 0 radical (unpaired) electrons. The molecule has 0 saturated carbocycles. The minimum atomic E-state index is -0.381. The Morgan fingerprint density at radius 2 is 2.15 bits per heavy atom. The molecule has 1 aliphatic rings. The van der Waals surface area contributed by atoms with E-state index in [0.29, 0.717) is 11.4 Å². The van der Waals surface area contributed by atoms with E-state index in [1.807, 2.05) is 23.7 Å². The summed E-state index contributed by atoms with van der Waals surface area (Å²) in [7, 11) is 0. The molecular weight excluding hydrogens is 344 g/mol. The lowest BCUT2D eigenvalue weighted by molar-refractivity contribution is -0.383. The Morgan fingerprint density at radius 1 is 1.33 bits per heavy atom. The van der Waals surface area contributed by atoms with Gasteiger partial charge in [0, 0.05) is 41.2 Å². The Labute approximate surface area is 156 Å². The van der Waals surface area contributed by atoms with Crippen LogP contribution in [0.2, 0.25) is 0 Å². The summed E-state index contributed by atoms with van der Waals surface area (Å²) < 4.78 is 1.98. The first-order chi connectivity index (χ1) is 12.9. The van der Waals surface area contributed by atoms with E-state index in [2.05, 4.69) is 34.2 Å². The second-order valence-corrected chi connectivity index (χ2v) is 7.34. The van der Waals surface area contributed by atoms with Crippen molar-refractivity contribution in [1.29, 1.82) is 0 Å². The van der Waals surface area contributed by atoms with E-state index in [1.165, 1.54) is 6.07 Å². The highest BCUT2D eigenvalue weighted by atomic mass is 16.6. The molecule has 1 unspecified atom stereocenters. The summed E-state index contributed by atoms with van der Waals surface area (Å²) in [6.45, 7) is 6.77. The van der Waals surface area contributed by atoms with Crippen molar-refractivity contribution >= 4 is 22.3 Å². The molecule has 8 nitrogen and oxygen atoms in total. The van der Waals surface area contributed by atoms with Gasteiger partial charge in [-0.2, -0.15) is 5.10 Å². The maximum absolute atomic E-state index is 11.3. The van der Waals surface area contributed by atoms with E-state index < -0.39 is 0 Å². The van der Waals surface area contributed by atoms with Crippen LogP contribution in [-0.2, 0) is 13.0 Å². The second kappa shape index (κ2) is 6.61. The van der Waals surface area contributed by atoms with Gasteiger partial charge in [0.05, 0.1) is 11.5 Å². The van der Waals surface area contributed by atoms with Crippen molar-refractivity contribution in [1.82, 2.24) is 19.7 Å². The summed E-state index contributed by atoms with van der Waals surface area (Å²) in [5, 5.41) is 20.3. The van der Waals surface area contributed by atoms with Crippen molar-refractivity contribution in [2.45, 2.75) is 52.1 Å². The molecule has 0 spiro atoms. The van der Waals surface area contributed by atoms with Crippen molar-refractivity contribution in [2.75, 3.05) is 5.32 Å². The number of benzene rings is 1. The van der Waals surface area contributed by atoms with E-state index in [-0.39, 0.29) is 16.7 Å². The number of hydrogen-bond acceptors (Lipinski definition) is 6. The average Bonchev–Trinajstić information content (AvgIpc) is 3.04. The summed E-state index contributed by atoms with van der Waals surface area (Å²) in [6.07, 6.45) is 1.80. The number of para-hydroxylation sites is 1. The van der Waals surface area contributed by atoms with E-state index in [9.17, 15) is 10.1 Å². The van der Waals surface area contributed by atoms with Gasteiger partial charge in [0.1, 0.15) is 5.82 Å². The van der Waals surface area contributed by atoms with Crippen molar-refractivity contribution in [3.8, 4) is 0 Å². The first kappa shape index (κ1) is 17.4. The highest BCUT2D eigenvalue weighted by molar-refractivity contribution is 5.96. The van der Waals surface area contributed by atoms with Gasteiger partial charge in [-0.3, -0.25) is 10.1 Å². The van der Waals surface area contributed by atoms with Crippen LogP contribution < -0.4 is 5.32 Å². The van der Waals surface area contributed by atoms with Crippen molar-refractivity contribution in [3.05, 3.63) is 51.7 Å². The molecule has 0 amide bonds. The normalized spacial score (nSPS) is 16.5. The van der Waals surface area contributed by atoms with Crippen LogP contribution in [0.5, 0.6) is 0 Å². The predicted octanol–water partition coefficient (Wildman–Crippen LogP) is 3.59. The Kier molecular flexibility index (Phi) is 4.25. The molecule has 140 valence electrons. The molecule has 27 heavy (non-hydrogen) atoms. The van der Waals surface area contributed by atoms with Gasteiger partial charge in [0.15, 0.2) is 11.3 Å². The Hall–Kier alpha value is -3.03. The summed E-state index contributed by atoms with van der Waals surface area (Å²) in [4.78, 5) is 20.0. The second-order valence-electron chi connectivity index (χ2n) is 7.34. The number of nitrogens with one attached hydrogen (secondary N) is 1. The quantitative estimate of drug-likeness (QED) is 0.559. The molecule has 0 aliphatic carbocycles. The third-order valence-electron chi connectivity index (χ3n) is 4.89. The minimum absolute atomic E-state index is 0.0306. The summed E-state index contributed by atoms with van der Waals surface area (Å²) in [5.41, 5.74) is 2.07. The fraction of sp³-hybridized carbons (Fsp3) is 0.421. The summed E-state index contributed by atoms with van der Waals surface area (Å²) in [5.74, 6) is 2.22. The van der Waals surface area contributed by atoms with Crippen LogP contribution in [0.4, 0.5) is 11.4 Å². The number of aromatic nitrogens is 4. The number of non-ortho nitro benzene ring substituents is 1. The number of nitro groups is 1. The SMILES string of the molecule is Cc1cc(NC2CCc3nc(C(C)C)nn3C2)c2cccc([N+](=O)[O-])c2n1. The smallest absolute Gasteiger partial charge is 0.295 e. The lowest BCUT2D eigenvalue weighted by Crippen LogP contribution is -2.32. The van der Waals surface area contributed by atoms with Crippen molar-refractivity contribution in [3.63, 3.8) is 0 Å². The maximum Gasteiger partial charge on any atom is 0.295 e. The number of anilines is 1. The molecule has 0 fully saturated rings. The minimum Gasteiger partial charge on any atom is -0.380 e. The van der Waals surface area contributed by atoms with Crippen LogP contribution >= 0.6 is 0 Å². The van der Waals surface area contributed by atoms with E-state index in [0.717, 1.165) is 47.8 Å². The number of rotatable bonds is 4. The van der Waals surface area contributed by atoms with Gasteiger partial charge < -0.3 is 5.32 Å². The first-order valence-electron chi connectivity index (χ1n) is 9.17. The molecule has 2 aromatic heterocycles. The molecule has 4 rings (SSSR count). The molecule has 3 aromatic rings. The van der Waals surface area contributed by atoms with Gasteiger partial charge in [-0.15, -0.1) is 0 Å². The predicted molar refractivity (Wildman–Crippen MR) is 103 cm³/mol. The van der Waals surface area contributed by atoms with Gasteiger partial charge >= 0.3 is 0 Å². The number of hydrogen-bond donors (Lipinski definition) is 1. The van der Waals surface area contributed by atoms with Gasteiger partial charge in [-0.05, 0) is 19.4 Å². The van der Waals surface area contributed by atoms with Crippen LogP contribution in [0.15, 0.2) is 24.3 Å². The van der Waals surface area contributed by atoms with Gasteiger partial charge in [0.25, 0.3) is 5.69 Å². The number of nitro benzene ring substituents is 1. The first-order valence-corrected chi connectivity index (χ1v) is 9.17. The largest absolute Gasteiger partial charge is 0.380 e. The number of nitrogens with zero attached hydrogens (tertiary/aromatic N) is 5. The van der Waals surface area contributed by atoms with E-state index >= 15 is 0 Å². The molecule has 8 heteroatoms. The molecule has 1 aliphatic heterocycles. The fourth-order valence-corrected chi connectivity index (χ4v) is 3.54. The summed E-state index contributed by atoms with van der Waals surface area (Å²) in [6, 6.07) is 7.20. The summed E-state index contributed by atoms with van der Waals surface area (Å²) >= 11 is 0. The zero-order valence-electron chi connectivity index (χ0n) is 15.6. The fourth-order valence-electron chi connectivity index (χ4n) is 3.54. The number of pyridine rings is 1. The standard InChI is InChI=1S/C19H22N6O2/c1-11(2)19-22-17-8-7-13(10-24(17)23-19)21-15-9-12(3)20-18-14(15)5-4-6-16(18)25(26)27/h4-6,9,11,13H,7-8,10H2,1-3H3,(H,20,21). The third-order valence-corrected chi connectivity index (χ3v) is 4.89. The van der Waals surface area contributed by atoms with Gasteiger partial charge in [0.2, 0.25) is 0 Å². The Bertz CT molecular complexity index is 1030. The topological polar surface area (TPSA) is 98.8 Å². The van der Waals surface area contributed by atoms with Crippen LogP contribution in [-0.4, -0.2) is 30.7 Å². The van der Waals surface area contributed by atoms with Crippen LogP contribution in [0, 0.1) is 17.0 Å². The Balaban J connectivity index is 1.66. The Morgan fingerprint density at radius 3 is 2.89 bits per heavy atom. The highest BCUT2D eigenvalue weighted by Crippen LogP contribution is 2.31. The van der Waals surface area contributed by atoms with Crippen LogP contribution in [0.25, 0.3) is 10.9 Å². The lowest BCUT2D eigenvalue weighted by Gasteiger charge is -2.25. The lowest BCUT2D eigenvalue weighted by atomic mass is 10.1. The maximum atomic E-state index is 11.3. The molecule has 0 saturated heterocycles. The highest BCUT2D eigenvalue weighted by Gasteiger charge is 2.24. The monoisotopic (exact) mass is 366 g/mol. The number of fused-ring (bicyclic) bond motifs is 2. The van der Waals surface area contributed by atoms with E-state index in [1.54, 1.807) is 6.07 Å². The average molecular weight is 366 g/mol. The van der Waals surface area contributed by atoms with Crippen molar-refractivity contribution in [2.24, 2.45) is 0 Å². The van der Waals surface area contributed by atoms with Crippen molar-refractivity contribution < 1.29 is 4.92 Å². The van der Waals surface area contributed by atoms with Gasteiger partial charge in [-0.25, -0.2) is 14.6 Å². The zero-order chi connectivity index (χ0) is 19.1. The molecule has 0 bridgehead atoms. The molecule has 1 N–H and O–H groups in total. The van der Waals surface area contributed by atoms with Crippen LogP contribution in [0.1, 0.15) is 43.5 Å². The third kappa shape index (κ3) is 3.22. The molecular formula is C19H22N6O2. The molecule has 3 heterocycles. The molecule has 1 aromatic carbocycles. The van der Waals surface area contributed by atoms with Crippen LogP contribution in [0.3, 0.4) is 0 Å². The zero-order valence-corrected chi connectivity index (χ0v) is 15.6. The molecule has 1 atom stereocenters.